The van der Waals surface area contributed by atoms with Crippen LogP contribution in [0.2, 0.25) is 0 Å². The van der Waals surface area contributed by atoms with Crippen LogP contribution in [0.25, 0.3) is 48.6 Å². The fraction of sp³-hybridized carbons (Fsp3) is 0.0909. The molecular weight excluding hydrogens is 585 g/mol. The molecule has 7 aromatic rings. The van der Waals surface area contributed by atoms with Crippen molar-refractivity contribution in [2.75, 3.05) is 22.9 Å². The van der Waals surface area contributed by atoms with Crippen molar-refractivity contribution in [2.45, 2.75) is 12.8 Å². The first-order valence-corrected chi connectivity index (χ1v) is 16.4. The fourth-order valence-electron chi connectivity index (χ4n) is 7.84. The highest BCUT2D eigenvalue weighted by Crippen LogP contribution is 2.48. The van der Waals surface area contributed by atoms with E-state index >= 15 is 0 Å². The van der Waals surface area contributed by atoms with Gasteiger partial charge in [-0.1, -0.05) is 84.9 Å². The van der Waals surface area contributed by atoms with E-state index in [1.54, 1.807) is 0 Å². The predicted octanol–water partition coefficient (Wildman–Crippen LogP) is 11.1. The van der Waals surface area contributed by atoms with E-state index in [2.05, 4.69) is 130 Å². The number of rotatable bonds is 4. The molecule has 7 aromatic carbocycles. The van der Waals surface area contributed by atoms with Crippen LogP contribution in [-0.4, -0.2) is 13.1 Å². The van der Waals surface area contributed by atoms with Crippen molar-refractivity contribution in [1.29, 1.82) is 5.26 Å². The minimum absolute atomic E-state index is 0.697. The van der Waals surface area contributed by atoms with Crippen LogP contribution in [0.5, 0.6) is 0 Å². The van der Waals surface area contributed by atoms with Gasteiger partial charge in [0.1, 0.15) is 0 Å². The van der Waals surface area contributed by atoms with Crippen LogP contribution >= 0.6 is 0 Å². The van der Waals surface area contributed by atoms with Crippen molar-refractivity contribution in [1.82, 2.24) is 0 Å². The zero-order valence-corrected chi connectivity index (χ0v) is 26.3. The zero-order valence-electron chi connectivity index (χ0n) is 26.3. The van der Waals surface area contributed by atoms with Crippen LogP contribution in [0.4, 0.5) is 28.4 Å². The number of benzene rings is 7. The third-order valence-corrected chi connectivity index (χ3v) is 10.0. The van der Waals surface area contributed by atoms with Crippen molar-refractivity contribution in [3.05, 3.63) is 162 Å². The largest absolute Gasteiger partial charge is 0.341 e. The molecule has 2 aliphatic heterocycles. The molecular formula is C44H30N4. The van der Waals surface area contributed by atoms with Gasteiger partial charge in [0.15, 0.2) is 5.69 Å². The van der Waals surface area contributed by atoms with Crippen molar-refractivity contribution in [3.8, 4) is 28.3 Å². The van der Waals surface area contributed by atoms with Gasteiger partial charge in [-0.25, -0.2) is 4.85 Å². The SMILES string of the molecule is [C-]#[N+]c1ccc2c(c1)CCN2c1ccc2c(-c3ccccc3)c3cc(N4CCc5cc(C#N)ccc54)ccc3c(-c3ccccc3)c2c1. The predicted molar refractivity (Wildman–Crippen MR) is 198 cm³/mol. The lowest BCUT2D eigenvalue weighted by atomic mass is 9.85. The number of hydrogen-bond donors (Lipinski definition) is 0. The summed E-state index contributed by atoms with van der Waals surface area (Å²) in [6, 6.07) is 49.9. The minimum Gasteiger partial charge on any atom is -0.341 e. The number of nitriles is 1. The molecule has 0 bridgehead atoms. The number of hydrogen-bond acceptors (Lipinski definition) is 3. The molecule has 0 aliphatic carbocycles. The highest BCUT2D eigenvalue weighted by Gasteiger charge is 2.25. The maximum absolute atomic E-state index is 9.48. The van der Waals surface area contributed by atoms with Crippen molar-refractivity contribution in [2.24, 2.45) is 0 Å². The molecule has 2 heterocycles. The monoisotopic (exact) mass is 614 g/mol. The van der Waals surface area contributed by atoms with Gasteiger partial charge < -0.3 is 9.80 Å². The Bertz CT molecular complexity index is 2310. The van der Waals surface area contributed by atoms with Crippen LogP contribution in [0.15, 0.2) is 133 Å². The second-order valence-corrected chi connectivity index (χ2v) is 12.6. The molecule has 0 amide bonds. The van der Waals surface area contributed by atoms with Gasteiger partial charge in [-0.15, -0.1) is 0 Å². The van der Waals surface area contributed by atoms with Gasteiger partial charge in [-0.3, -0.25) is 0 Å². The Kier molecular flexibility index (Phi) is 6.49. The third-order valence-electron chi connectivity index (χ3n) is 10.0. The summed E-state index contributed by atoms with van der Waals surface area (Å²) in [5.74, 6) is 0. The van der Waals surface area contributed by atoms with Crippen molar-refractivity contribution in [3.63, 3.8) is 0 Å². The summed E-state index contributed by atoms with van der Waals surface area (Å²) in [6.07, 6.45) is 1.85. The molecule has 0 saturated heterocycles. The lowest BCUT2D eigenvalue weighted by Gasteiger charge is -2.25. The summed E-state index contributed by atoms with van der Waals surface area (Å²) in [4.78, 5) is 8.46. The lowest BCUT2D eigenvalue weighted by molar-refractivity contribution is 0.999. The Morgan fingerprint density at radius 2 is 1.06 bits per heavy atom. The maximum atomic E-state index is 9.48. The third kappa shape index (κ3) is 4.43. The quantitative estimate of drug-likeness (QED) is 0.146. The van der Waals surface area contributed by atoms with E-state index in [1.165, 1.54) is 66.3 Å². The minimum atomic E-state index is 0.697. The molecule has 0 spiro atoms. The van der Waals surface area contributed by atoms with Gasteiger partial charge in [0, 0.05) is 35.8 Å². The van der Waals surface area contributed by atoms with Crippen LogP contribution in [0.3, 0.4) is 0 Å². The van der Waals surface area contributed by atoms with Gasteiger partial charge in [0.2, 0.25) is 0 Å². The summed E-state index contributed by atoms with van der Waals surface area (Å²) in [5.41, 5.74) is 13.4. The average Bonchev–Trinajstić information content (AvgIpc) is 3.78. The van der Waals surface area contributed by atoms with E-state index in [0.29, 0.717) is 11.3 Å². The van der Waals surface area contributed by atoms with Gasteiger partial charge in [-0.2, -0.15) is 5.26 Å². The molecule has 0 aromatic heterocycles. The van der Waals surface area contributed by atoms with Gasteiger partial charge in [0.05, 0.1) is 18.2 Å². The van der Waals surface area contributed by atoms with E-state index in [1.807, 2.05) is 24.3 Å². The van der Waals surface area contributed by atoms with E-state index in [0.717, 1.165) is 37.3 Å². The maximum Gasteiger partial charge on any atom is 0.187 e. The van der Waals surface area contributed by atoms with Gasteiger partial charge in [-0.05, 0) is 116 Å². The second kappa shape index (κ2) is 11.2. The van der Waals surface area contributed by atoms with Crippen LogP contribution < -0.4 is 9.80 Å². The lowest BCUT2D eigenvalue weighted by Crippen LogP contribution is -2.13. The average molecular weight is 615 g/mol. The fourth-order valence-corrected chi connectivity index (χ4v) is 7.84. The summed E-state index contributed by atoms with van der Waals surface area (Å²) in [5, 5.41) is 14.4. The van der Waals surface area contributed by atoms with E-state index in [9.17, 15) is 5.26 Å². The second-order valence-electron chi connectivity index (χ2n) is 12.6. The highest BCUT2D eigenvalue weighted by molar-refractivity contribution is 6.22. The normalized spacial score (nSPS) is 13.4. The molecule has 0 saturated carbocycles. The number of fused-ring (bicyclic) bond motifs is 4. The smallest absolute Gasteiger partial charge is 0.187 e. The molecule has 0 fully saturated rings. The topological polar surface area (TPSA) is 34.6 Å². The number of nitrogens with zero attached hydrogens (tertiary/aromatic N) is 4. The van der Waals surface area contributed by atoms with Gasteiger partial charge >= 0.3 is 0 Å². The molecule has 226 valence electrons. The van der Waals surface area contributed by atoms with E-state index < -0.39 is 0 Å². The Balaban J connectivity index is 1.31. The van der Waals surface area contributed by atoms with Gasteiger partial charge in [0.25, 0.3) is 0 Å². The Morgan fingerprint density at radius 3 is 1.58 bits per heavy atom. The van der Waals surface area contributed by atoms with Crippen molar-refractivity contribution >= 4 is 50.0 Å². The summed E-state index contributed by atoms with van der Waals surface area (Å²) < 4.78 is 0. The molecule has 0 N–H and O–H groups in total. The summed E-state index contributed by atoms with van der Waals surface area (Å²) in [6.45, 7) is 9.25. The molecule has 4 nitrogen and oxygen atoms in total. The Morgan fingerprint density at radius 1 is 0.542 bits per heavy atom. The van der Waals surface area contributed by atoms with Crippen molar-refractivity contribution < 1.29 is 0 Å². The molecule has 0 unspecified atom stereocenters. The number of anilines is 4. The Labute approximate surface area is 280 Å². The van der Waals surface area contributed by atoms with E-state index in [-0.39, 0.29) is 0 Å². The summed E-state index contributed by atoms with van der Waals surface area (Å²) >= 11 is 0. The first-order valence-electron chi connectivity index (χ1n) is 16.4. The summed E-state index contributed by atoms with van der Waals surface area (Å²) in [7, 11) is 0. The van der Waals surface area contributed by atoms with E-state index in [4.69, 9.17) is 6.57 Å². The Hall–Kier alpha value is -6.36. The first-order chi connectivity index (χ1) is 23.7. The molecule has 4 heteroatoms. The molecule has 2 aliphatic rings. The molecule has 9 rings (SSSR count). The van der Waals surface area contributed by atoms with Crippen LogP contribution in [0, 0.1) is 17.9 Å². The molecule has 48 heavy (non-hydrogen) atoms. The standard InChI is InChI=1S/C44H30N4/c1-46-34-13-19-42-33(25-34)21-23-48(42)36-15-17-38-40(27-36)44(31-10-6-3-7-11-31)37-16-14-35(26-39(37)43(38)30-8-4-2-5-9-30)47-22-20-32-24-29(28-45)12-18-41(32)47/h2-19,24-27H,20-23H2. The first kappa shape index (κ1) is 27.9. The van der Waals surface area contributed by atoms with Crippen LogP contribution in [0.1, 0.15) is 16.7 Å². The highest BCUT2D eigenvalue weighted by atomic mass is 15.2. The zero-order chi connectivity index (χ0) is 32.2. The molecule has 0 atom stereocenters. The molecule has 0 radical (unpaired) electrons. The van der Waals surface area contributed by atoms with Crippen LogP contribution in [-0.2, 0) is 12.8 Å².